The van der Waals surface area contributed by atoms with Crippen molar-refractivity contribution < 1.29 is 8.78 Å². The molecule has 0 aliphatic carbocycles. The van der Waals surface area contributed by atoms with Crippen molar-refractivity contribution in [2.75, 3.05) is 26.7 Å². The predicted molar refractivity (Wildman–Crippen MR) is 109 cm³/mol. The van der Waals surface area contributed by atoms with Gasteiger partial charge in [-0.15, -0.1) is 0 Å². The lowest BCUT2D eigenvalue weighted by Gasteiger charge is -2.33. The van der Waals surface area contributed by atoms with Gasteiger partial charge in [-0.1, -0.05) is 36.4 Å². The van der Waals surface area contributed by atoms with E-state index < -0.39 is 11.6 Å². The lowest BCUT2D eigenvalue weighted by atomic mass is 10.0. The van der Waals surface area contributed by atoms with E-state index in [0.717, 1.165) is 32.5 Å². The number of nitrogens with one attached hydrogen (secondary N) is 2. The Labute approximate surface area is 165 Å². The van der Waals surface area contributed by atoms with E-state index in [1.54, 1.807) is 7.05 Å². The highest BCUT2D eigenvalue weighted by Gasteiger charge is 2.20. The number of nitrogens with zero attached hydrogens (tertiary/aromatic N) is 2. The van der Waals surface area contributed by atoms with Crippen molar-refractivity contribution in [2.45, 2.75) is 31.8 Å². The van der Waals surface area contributed by atoms with Crippen LogP contribution in [-0.2, 0) is 13.0 Å². The van der Waals surface area contributed by atoms with Crippen LogP contribution in [0, 0.1) is 11.6 Å². The van der Waals surface area contributed by atoms with Crippen LogP contribution >= 0.6 is 0 Å². The molecule has 1 fully saturated rings. The molecule has 2 N–H and O–H groups in total. The van der Waals surface area contributed by atoms with Gasteiger partial charge in [0.25, 0.3) is 0 Å². The first-order valence-corrected chi connectivity index (χ1v) is 9.82. The molecule has 0 saturated carbocycles. The maximum atomic E-state index is 13.7. The summed E-state index contributed by atoms with van der Waals surface area (Å²) in [6.45, 7) is 3.47. The van der Waals surface area contributed by atoms with Gasteiger partial charge in [0.2, 0.25) is 0 Å². The van der Waals surface area contributed by atoms with E-state index in [-0.39, 0.29) is 12.0 Å². The summed E-state index contributed by atoms with van der Waals surface area (Å²) < 4.78 is 27.4. The molecular weight excluding hydrogens is 358 g/mol. The number of halogens is 2. The Bertz CT molecular complexity index is 751. The number of guanidine groups is 1. The molecule has 4 nitrogen and oxygen atoms in total. The van der Waals surface area contributed by atoms with Gasteiger partial charge in [-0.25, -0.2) is 8.78 Å². The normalized spacial score (nSPS) is 16.2. The molecule has 0 unspecified atom stereocenters. The van der Waals surface area contributed by atoms with Crippen molar-refractivity contribution in [2.24, 2.45) is 4.99 Å². The molecule has 0 spiro atoms. The van der Waals surface area contributed by atoms with E-state index >= 15 is 0 Å². The molecule has 0 aromatic heterocycles. The second kappa shape index (κ2) is 10.2. The Hall–Kier alpha value is -2.47. The lowest BCUT2D eigenvalue weighted by molar-refractivity contribution is 0.198. The second-order valence-electron chi connectivity index (χ2n) is 7.13. The Morgan fingerprint density at radius 3 is 2.36 bits per heavy atom. The SMILES string of the molecule is CN=C(NCCc1c(F)cccc1F)NC1CCN(Cc2ccccc2)CC1. The quantitative estimate of drug-likeness (QED) is 0.591. The smallest absolute Gasteiger partial charge is 0.191 e. The Morgan fingerprint density at radius 2 is 1.71 bits per heavy atom. The van der Waals surface area contributed by atoms with Gasteiger partial charge >= 0.3 is 0 Å². The molecule has 1 heterocycles. The van der Waals surface area contributed by atoms with Crippen LogP contribution in [0.5, 0.6) is 0 Å². The van der Waals surface area contributed by atoms with Crippen molar-refractivity contribution in [1.29, 1.82) is 0 Å². The summed E-state index contributed by atoms with van der Waals surface area (Å²) in [5, 5.41) is 6.59. The standard InChI is InChI=1S/C22H28F2N4/c1-25-22(26-13-10-19-20(23)8-5-9-21(19)24)27-18-11-14-28(15-12-18)16-17-6-3-2-4-7-17/h2-9,18H,10-16H2,1H3,(H2,25,26,27). The molecule has 1 aliphatic heterocycles. The van der Waals surface area contributed by atoms with Crippen molar-refractivity contribution >= 4 is 5.96 Å². The first kappa shape index (κ1) is 20.3. The number of aliphatic imine (C=N–C) groups is 1. The van der Waals surface area contributed by atoms with E-state index in [2.05, 4.69) is 44.8 Å². The molecule has 150 valence electrons. The van der Waals surface area contributed by atoms with Gasteiger partial charge in [0.15, 0.2) is 5.96 Å². The molecule has 3 rings (SSSR count). The fourth-order valence-electron chi connectivity index (χ4n) is 3.54. The molecule has 1 aliphatic rings. The molecule has 2 aromatic carbocycles. The van der Waals surface area contributed by atoms with Gasteiger partial charge in [-0.2, -0.15) is 0 Å². The molecule has 28 heavy (non-hydrogen) atoms. The summed E-state index contributed by atoms with van der Waals surface area (Å²) in [5.41, 5.74) is 1.45. The van der Waals surface area contributed by atoms with Gasteiger partial charge < -0.3 is 10.6 Å². The summed E-state index contributed by atoms with van der Waals surface area (Å²) in [5.74, 6) is -0.329. The molecule has 0 amide bonds. The topological polar surface area (TPSA) is 39.7 Å². The van der Waals surface area contributed by atoms with E-state index in [9.17, 15) is 8.78 Å². The van der Waals surface area contributed by atoms with Crippen LogP contribution in [-0.4, -0.2) is 43.6 Å². The third kappa shape index (κ3) is 5.76. The highest BCUT2D eigenvalue weighted by molar-refractivity contribution is 5.79. The first-order chi connectivity index (χ1) is 13.7. The van der Waals surface area contributed by atoms with E-state index in [0.29, 0.717) is 18.5 Å². The summed E-state index contributed by atoms with van der Waals surface area (Å²) in [6.07, 6.45) is 2.35. The van der Waals surface area contributed by atoms with E-state index in [1.807, 2.05) is 6.07 Å². The highest BCUT2D eigenvalue weighted by Crippen LogP contribution is 2.14. The molecule has 0 bridgehead atoms. The van der Waals surface area contributed by atoms with Crippen molar-refractivity contribution in [3.05, 3.63) is 71.3 Å². The maximum Gasteiger partial charge on any atom is 0.191 e. The maximum absolute atomic E-state index is 13.7. The summed E-state index contributed by atoms with van der Waals surface area (Å²) >= 11 is 0. The zero-order chi connectivity index (χ0) is 19.8. The minimum atomic E-state index is -0.504. The van der Waals surface area contributed by atoms with Crippen molar-refractivity contribution in [3.63, 3.8) is 0 Å². The largest absolute Gasteiger partial charge is 0.356 e. The number of rotatable bonds is 6. The molecular formula is C22H28F2N4. The van der Waals surface area contributed by atoms with Crippen LogP contribution < -0.4 is 10.6 Å². The van der Waals surface area contributed by atoms with Gasteiger partial charge in [0, 0.05) is 44.8 Å². The summed E-state index contributed by atoms with van der Waals surface area (Å²) in [6, 6.07) is 14.8. The Balaban J connectivity index is 1.41. The minimum absolute atomic E-state index is 0.111. The van der Waals surface area contributed by atoms with Gasteiger partial charge in [-0.3, -0.25) is 9.89 Å². The Morgan fingerprint density at radius 1 is 1.04 bits per heavy atom. The van der Waals surface area contributed by atoms with Gasteiger partial charge in [0.1, 0.15) is 11.6 Å². The highest BCUT2D eigenvalue weighted by atomic mass is 19.1. The third-order valence-electron chi connectivity index (χ3n) is 5.13. The number of likely N-dealkylation sites (tertiary alicyclic amines) is 1. The monoisotopic (exact) mass is 386 g/mol. The van der Waals surface area contributed by atoms with Crippen LogP contribution in [0.2, 0.25) is 0 Å². The van der Waals surface area contributed by atoms with E-state index in [1.165, 1.54) is 23.8 Å². The van der Waals surface area contributed by atoms with Crippen molar-refractivity contribution in [1.82, 2.24) is 15.5 Å². The molecule has 1 saturated heterocycles. The molecule has 2 aromatic rings. The third-order valence-corrected chi connectivity index (χ3v) is 5.13. The van der Waals surface area contributed by atoms with Gasteiger partial charge in [-0.05, 0) is 37.0 Å². The second-order valence-corrected chi connectivity index (χ2v) is 7.13. The van der Waals surface area contributed by atoms with Crippen LogP contribution in [0.25, 0.3) is 0 Å². The fourth-order valence-corrected chi connectivity index (χ4v) is 3.54. The van der Waals surface area contributed by atoms with Crippen LogP contribution in [0.3, 0.4) is 0 Å². The zero-order valence-electron chi connectivity index (χ0n) is 16.3. The zero-order valence-corrected chi connectivity index (χ0v) is 16.3. The summed E-state index contributed by atoms with van der Waals surface area (Å²) in [7, 11) is 1.71. The number of benzene rings is 2. The van der Waals surface area contributed by atoms with Crippen LogP contribution in [0.1, 0.15) is 24.0 Å². The Kier molecular flexibility index (Phi) is 7.37. The van der Waals surface area contributed by atoms with Crippen LogP contribution in [0.4, 0.5) is 8.78 Å². The average Bonchev–Trinajstić information content (AvgIpc) is 2.71. The van der Waals surface area contributed by atoms with Gasteiger partial charge in [0.05, 0.1) is 0 Å². The lowest BCUT2D eigenvalue weighted by Crippen LogP contribution is -2.48. The predicted octanol–water partition coefficient (Wildman–Crippen LogP) is 3.34. The van der Waals surface area contributed by atoms with Crippen LogP contribution in [0.15, 0.2) is 53.5 Å². The number of hydrogen-bond donors (Lipinski definition) is 2. The number of hydrogen-bond acceptors (Lipinski definition) is 2. The average molecular weight is 386 g/mol. The molecule has 0 radical (unpaired) electrons. The van der Waals surface area contributed by atoms with Crippen molar-refractivity contribution in [3.8, 4) is 0 Å². The molecule has 6 heteroatoms. The number of piperidine rings is 1. The fraction of sp³-hybridized carbons (Fsp3) is 0.409. The molecule has 0 atom stereocenters. The minimum Gasteiger partial charge on any atom is -0.356 e. The summed E-state index contributed by atoms with van der Waals surface area (Å²) in [4.78, 5) is 6.70. The first-order valence-electron chi connectivity index (χ1n) is 9.82. The van der Waals surface area contributed by atoms with E-state index in [4.69, 9.17) is 0 Å².